The first kappa shape index (κ1) is 18.0. The van der Waals surface area contributed by atoms with E-state index in [0.29, 0.717) is 32.8 Å². The van der Waals surface area contributed by atoms with Gasteiger partial charge in [-0.3, -0.25) is 4.79 Å². The highest BCUT2D eigenvalue weighted by Gasteiger charge is 2.18. The Morgan fingerprint density at radius 2 is 1.69 bits per heavy atom. The van der Waals surface area contributed by atoms with Crippen LogP contribution in [0.3, 0.4) is 0 Å². The molecule has 1 atom stereocenters. The van der Waals surface area contributed by atoms with Crippen molar-refractivity contribution in [3.05, 3.63) is 0 Å². The van der Waals surface area contributed by atoms with Crippen LogP contribution in [0.25, 0.3) is 0 Å². The zero-order valence-corrected chi connectivity index (χ0v) is 11.1. The maximum absolute atomic E-state index is 11.8. The highest BCUT2D eigenvalue weighted by molar-refractivity contribution is 5.85. The summed E-state index contributed by atoms with van der Waals surface area (Å²) in [5.74, 6) is -0.0784. The van der Waals surface area contributed by atoms with Crippen LogP contribution in [-0.2, 0) is 14.3 Å². The summed E-state index contributed by atoms with van der Waals surface area (Å²) >= 11 is 0. The van der Waals surface area contributed by atoms with Gasteiger partial charge in [-0.1, -0.05) is 6.92 Å². The number of halogens is 1. The lowest BCUT2D eigenvalue weighted by atomic mass is 10.1. The van der Waals surface area contributed by atoms with Crippen molar-refractivity contribution in [2.24, 2.45) is 11.7 Å². The summed E-state index contributed by atoms with van der Waals surface area (Å²) in [7, 11) is 3.23. The van der Waals surface area contributed by atoms with Crippen molar-refractivity contribution in [2.45, 2.75) is 6.92 Å². The maximum atomic E-state index is 11.8. The molecule has 5 nitrogen and oxygen atoms in total. The van der Waals surface area contributed by atoms with E-state index in [-0.39, 0.29) is 24.2 Å². The topological polar surface area (TPSA) is 64.8 Å². The minimum absolute atomic E-state index is 0. The first-order chi connectivity index (χ1) is 7.17. The van der Waals surface area contributed by atoms with Gasteiger partial charge in [0.2, 0.25) is 5.91 Å². The van der Waals surface area contributed by atoms with E-state index < -0.39 is 0 Å². The smallest absolute Gasteiger partial charge is 0.226 e. The van der Waals surface area contributed by atoms with Crippen molar-refractivity contribution in [1.29, 1.82) is 0 Å². The summed E-state index contributed by atoms with van der Waals surface area (Å²) < 4.78 is 9.90. The fraction of sp³-hybridized carbons (Fsp3) is 0.900. The van der Waals surface area contributed by atoms with Gasteiger partial charge in [-0.05, 0) is 0 Å². The van der Waals surface area contributed by atoms with Gasteiger partial charge in [0.25, 0.3) is 0 Å². The Bertz CT molecular complexity index is 173. The van der Waals surface area contributed by atoms with E-state index in [1.807, 2.05) is 6.92 Å². The highest BCUT2D eigenvalue weighted by atomic mass is 35.5. The standard InChI is InChI=1S/C10H22N2O3.ClH/c1-9(8-11)10(13)12(4-6-14-2)5-7-15-3;/h9H,4-8,11H2,1-3H3;1H. The molecule has 0 spiro atoms. The third-order valence-corrected chi connectivity index (χ3v) is 2.22. The number of hydrogen-bond acceptors (Lipinski definition) is 4. The van der Waals surface area contributed by atoms with Gasteiger partial charge >= 0.3 is 0 Å². The lowest BCUT2D eigenvalue weighted by Crippen LogP contribution is -2.41. The molecule has 0 saturated heterocycles. The normalized spacial score (nSPS) is 11.8. The summed E-state index contributed by atoms with van der Waals surface area (Å²) in [6, 6.07) is 0. The van der Waals surface area contributed by atoms with E-state index >= 15 is 0 Å². The Morgan fingerprint density at radius 1 is 1.25 bits per heavy atom. The predicted molar refractivity (Wildman–Crippen MR) is 65.8 cm³/mol. The van der Waals surface area contributed by atoms with Crippen LogP contribution in [0, 0.1) is 5.92 Å². The lowest BCUT2D eigenvalue weighted by Gasteiger charge is -2.24. The zero-order valence-electron chi connectivity index (χ0n) is 10.3. The molecule has 0 radical (unpaired) electrons. The molecule has 1 unspecified atom stereocenters. The van der Waals surface area contributed by atoms with E-state index in [2.05, 4.69) is 0 Å². The number of carbonyl (C=O) groups excluding carboxylic acids is 1. The van der Waals surface area contributed by atoms with Gasteiger partial charge in [0.05, 0.1) is 13.2 Å². The molecule has 0 bridgehead atoms. The molecule has 2 N–H and O–H groups in total. The Morgan fingerprint density at radius 3 is 2.00 bits per heavy atom. The van der Waals surface area contributed by atoms with E-state index in [0.717, 1.165) is 0 Å². The molecule has 1 amide bonds. The van der Waals surface area contributed by atoms with Crippen LogP contribution in [0.15, 0.2) is 0 Å². The molecule has 0 aromatic rings. The molecule has 0 fully saturated rings. The number of nitrogens with zero attached hydrogens (tertiary/aromatic N) is 1. The first-order valence-corrected chi connectivity index (χ1v) is 5.14. The molecule has 0 aliphatic carbocycles. The fourth-order valence-corrected chi connectivity index (χ4v) is 1.15. The minimum Gasteiger partial charge on any atom is -0.383 e. The number of hydrogen-bond donors (Lipinski definition) is 1. The average Bonchev–Trinajstić information content (AvgIpc) is 2.27. The largest absolute Gasteiger partial charge is 0.383 e. The predicted octanol–water partition coefficient (Wildman–Crippen LogP) is 0.124. The van der Waals surface area contributed by atoms with Crippen molar-refractivity contribution in [3.8, 4) is 0 Å². The molecular weight excluding hydrogens is 232 g/mol. The summed E-state index contributed by atoms with van der Waals surface area (Å²) in [6.07, 6.45) is 0. The summed E-state index contributed by atoms with van der Waals surface area (Å²) in [6.45, 7) is 4.44. The van der Waals surface area contributed by atoms with Crippen LogP contribution >= 0.6 is 12.4 Å². The fourth-order valence-electron chi connectivity index (χ4n) is 1.15. The van der Waals surface area contributed by atoms with E-state index in [1.54, 1.807) is 19.1 Å². The van der Waals surface area contributed by atoms with Gasteiger partial charge in [-0.2, -0.15) is 0 Å². The van der Waals surface area contributed by atoms with Crippen molar-refractivity contribution >= 4 is 18.3 Å². The van der Waals surface area contributed by atoms with E-state index in [4.69, 9.17) is 15.2 Å². The molecular formula is C10H23ClN2O3. The Kier molecular flexibility index (Phi) is 12.5. The Balaban J connectivity index is 0. The molecule has 0 aliphatic rings. The van der Waals surface area contributed by atoms with Crippen LogP contribution in [0.2, 0.25) is 0 Å². The average molecular weight is 255 g/mol. The molecule has 0 aliphatic heterocycles. The van der Waals surface area contributed by atoms with Gasteiger partial charge in [-0.25, -0.2) is 0 Å². The molecule has 0 saturated carbocycles. The van der Waals surface area contributed by atoms with Crippen molar-refractivity contribution in [3.63, 3.8) is 0 Å². The molecule has 16 heavy (non-hydrogen) atoms. The van der Waals surface area contributed by atoms with E-state index in [9.17, 15) is 4.79 Å². The highest BCUT2D eigenvalue weighted by Crippen LogP contribution is 2.01. The van der Waals surface area contributed by atoms with Gasteiger partial charge in [0.15, 0.2) is 0 Å². The second kappa shape index (κ2) is 11.1. The van der Waals surface area contributed by atoms with Crippen molar-refractivity contribution < 1.29 is 14.3 Å². The molecule has 0 heterocycles. The first-order valence-electron chi connectivity index (χ1n) is 5.14. The van der Waals surface area contributed by atoms with Crippen molar-refractivity contribution in [2.75, 3.05) is 47.1 Å². The number of carbonyl (C=O) groups is 1. The van der Waals surface area contributed by atoms with Crippen LogP contribution in [0.1, 0.15) is 6.92 Å². The van der Waals surface area contributed by atoms with Crippen LogP contribution < -0.4 is 5.73 Å². The Labute approximate surface area is 104 Å². The zero-order chi connectivity index (χ0) is 11.7. The van der Waals surface area contributed by atoms with Crippen molar-refractivity contribution in [1.82, 2.24) is 4.90 Å². The van der Waals surface area contributed by atoms with E-state index in [1.165, 1.54) is 0 Å². The summed E-state index contributed by atoms with van der Waals surface area (Å²) in [5.41, 5.74) is 5.46. The third kappa shape index (κ3) is 7.00. The number of amides is 1. The maximum Gasteiger partial charge on any atom is 0.226 e. The molecule has 6 heteroatoms. The number of methoxy groups -OCH3 is 2. The molecule has 98 valence electrons. The number of rotatable bonds is 8. The third-order valence-electron chi connectivity index (χ3n) is 2.22. The van der Waals surface area contributed by atoms with Gasteiger partial charge in [-0.15, -0.1) is 12.4 Å². The summed E-state index contributed by atoms with van der Waals surface area (Å²) in [4.78, 5) is 13.5. The molecule has 0 rings (SSSR count). The van der Waals surface area contributed by atoms with Gasteiger partial charge < -0.3 is 20.1 Å². The monoisotopic (exact) mass is 254 g/mol. The molecule has 0 aromatic heterocycles. The number of ether oxygens (including phenoxy) is 2. The molecule has 0 aromatic carbocycles. The summed E-state index contributed by atoms with van der Waals surface area (Å²) in [5, 5.41) is 0. The number of nitrogens with two attached hydrogens (primary N) is 1. The van der Waals surface area contributed by atoms with Crippen LogP contribution in [0.4, 0.5) is 0 Å². The van der Waals surface area contributed by atoms with Gasteiger partial charge in [0, 0.05) is 39.8 Å². The minimum atomic E-state index is -0.140. The second-order valence-electron chi connectivity index (χ2n) is 3.45. The van der Waals surface area contributed by atoms with Crippen LogP contribution in [0.5, 0.6) is 0 Å². The second-order valence-corrected chi connectivity index (χ2v) is 3.45. The lowest BCUT2D eigenvalue weighted by molar-refractivity contribution is -0.136. The Hall–Kier alpha value is -0.360. The van der Waals surface area contributed by atoms with Crippen LogP contribution in [-0.4, -0.2) is 57.9 Å². The quantitative estimate of drug-likeness (QED) is 0.669. The SMILES string of the molecule is COCCN(CCOC)C(=O)C(C)CN.Cl. The van der Waals surface area contributed by atoms with Gasteiger partial charge in [0.1, 0.15) is 0 Å².